The Hall–Kier alpha value is -1.91. The molecule has 0 spiro atoms. The van der Waals surface area contributed by atoms with Crippen LogP contribution in [0.15, 0.2) is 24.3 Å². The highest BCUT2D eigenvalue weighted by atomic mass is 19.1. The highest BCUT2D eigenvalue weighted by Gasteiger charge is 2.43. The minimum absolute atomic E-state index is 0.0175. The van der Waals surface area contributed by atoms with Crippen molar-refractivity contribution in [3.05, 3.63) is 35.6 Å². The minimum atomic E-state index is -0.846. The number of carbonyl (C=O) groups is 2. The van der Waals surface area contributed by atoms with Crippen LogP contribution >= 0.6 is 0 Å². The maximum atomic E-state index is 12.9. The number of carbonyl (C=O) groups excluding carboxylic acids is 1. The number of hydrogen-bond acceptors (Lipinski definition) is 2. The molecule has 0 radical (unpaired) electrons. The number of halogens is 1. The number of hydrogen-bond donors (Lipinski definition) is 1. The number of nitrogens with zero attached hydrogens (tertiary/aromatic N) is 1. The Bertz CT molecular complexity index is 578. The van der Waals surface area contributed by atoms with Gasteiger partial charge in [-0.1, -0.05) is 12.1 Å². The van der Waals surface area contributed by atoms with Crippen LogP contribution in [0.2, 0.25) is 0 Å². The van der Waals surface area contributed by atoms with E-state index < -0.39 is 11.9 Å². The van der Waals surface area contributed by atoms with E-state index in [1.165, 1.54) is 12.1 Å². The summed E-state index contributed by atoms with van der Waals surface area (Å²) >= 11 is 0. The van der Waals surface area contributed by atoms with Crippen molar-refractivity contribution in [1.29, 1.82) is 0 Å². The Morgan fingerprint density at radius 1 is 1.04 bits per heavy atom. The molecule has 4 nitrogen and oxygen atoms in total. The van der Waals surface area contributed by atoms with Crippen molar-refractivity contribution in [2.75, 3.05) is 13.1 Å². The van der Waals surface area contributed by atoms with E-state index in [0.717, 1.165) is 24.8 Å². The van der Waals surface area contributed by atoms with Crippen LogP contribution in [0.3, 0.4) is 0 Å². The predicted octanol–water partition coefficient (Wildman–Crippen LogP) is 2.72. The second-order valence-corrected chi connectivity index (χ2v) is 6.73. The lowest BCUT2D eigenvalue weighted by molar-refractivity contribution is -0.157. The number of carboxylic acid groups (broad SMARTS) is 1. The number of rotatable bonds is 4. The van der Waals surface area contributed by atoms with Crippen LogP contribution in [-0.4, -0.2) is 35.0 Å². The SMILES string of the molecule is O=C(O)C1CCC1C(=O)N1CCC(Cc2ccc(F)cc2)CC1. The van der Waals surface area contributed by atoms with E-state index in [1.807, 2.05) is 17.0 Å². The summed E-state index contributed by atoms with van der Waals surface area (Å²) in [6, 6.07) is 6.60. The third-order valence-electron chi connectivity index (χ3n) is 5.27. The third-order valence-corrected chi connectivity index (χ3v) is 5.27. The van der Waals surface area contributed by atoms with Gasteiger partial charge in [-0.05, 0) is 55.7 Å². The van der Waals surface area contributed by atoms with Gasteiger partial charge in [0, 0.05) is 13.1 Å². The Morgan fingerprint density at radius 3 is 2.17 bits per heavy atom. The zero-order valence-electron chi connectivity index (χ0n) is 13.1. The number of aliphatic carboxylic acids is 1. The average Bonchev–Trinajstić information content (AvgIpc) is 2.48. The summed E-state index contributed by atoms with van der Waals surface area (Å²) in [6.45, 7) is 1.40. The fraction of sp³-hybridized carbons (Fsp3) is 0.556. The summed E-state index contributed by atoms with van der Waals surface area (Å²) in [4.78, 5) is 25.3. The third kappa shape index (κ3) is 3.54. The number of carboxylic acids is 1. The summed E-state index contributed by atoms with van der Waals surface area (Å²) in [7, 11) is 0. The first kappa shape index (κ1) is 16.0. The van der Waals surface area contributed by atoms with E-state index in [1.54, 1.807) is 0 Å². The molecule has 1 saturated carbocycles. The van der Waals surface area contributed by atoms with Crippen LogP contribution in [-0.2, 0) is 16.0 Å². The molecule has 2 fully saturated rings. The molecule has 2 unspecified atom stereocenters. The standard InChI is InChI=1S/C18H22FNO3/c19-14-3-1-12(2-4-14)11-13-7-9-20(10-8-13)17(21)15-5-6-16(15)18(22)23/h1-4,13,15-16H,5-11H2,(H,22,23). The molecule has 1 heterocycles. The van der Waals surface area contributed by atoms with Gasteiger partial charge in [-0.15, -0.1) is 0 Å². The zero-order valence-corrected chi connectivity index (χ0v) is 13.1. The number of benzene rings is 1. The molecule has 23 heavy (non-hydrogen) atoms. The van der Waals surface area contributed by atoms with Crippen LogP contribution in [0.1, 0.15) is 31.2 Å². The highest BCUT2D eigenvalue weighted by molar-refractivity contribution is 5.86. The first-order chi connectivity index (χ1) is 11.0. The summed E-state index contributed by atoms with van der Waals surface area (Å²) in [5, 5.41) is 9.08. The van der Waals surface area contributed by atoms with E-state index >= 15 is 0 Å². The van der Waals surface area contributed by atoms with Crippen molar-refractivity contribution in [3.8, 4) is 0 Å². The molecule has 5 heteroatoms. The highest BCUT2D eigenvalue weighted by Crippen LogP contribution is 2.36. The Labute approximate surface area is 135 Å². The first-order valence-corrected chi connectivity index (χ1v) is 8.30. The van der Waals surface area contributed by atoms with Gasteiger partial charge in [-0.2, -0.15) is 0 Å². The number of likely N-dealkylation sites (tertiary alicyclic amines) is 1. The quantitative estimate of drug-likeness (QED) is 0.928. The minimum Gasteiger partial charge on any atom is -0.481 e. The lowest BCUT2D eigenvalue weighted by Crippen LogP contribution is -2.48. The molecule has 2 aliphatic rings. The average molecular weight is 319 g/mol. The number of piperidine rings is 1. The molecule has 1 N–H and O–H groups in total. The summed E-state index contributed by atoms with van der Waals surface area (Å²) in [5.41, 5.74) is 1.13. The van der Waals surface area contributed by atoms with Crippen molar-refractivity contribution in [2.24, 2.45) is 17.8 Å². The van der Waals surface area contributed by atoms with Gasteiger partial charge in [0.1, 0.15) is 5.82 Å². The summed E-state index contributed by atoms with van der Waals surface area (Å²) in [5.74, 6) is -1.35. The lowest BCUT2D eigenvalue weighted by Gasteiger charge is -2.39. The van der Waals surface area contributed by atoms with Gasteiger partial charge < -0.3 is 10.0 Å². The normalized spacial score (nSPS) is 25.0. The summed E-state index contributed by atoms with van der Waals surface area (Å²) < 4.78 is 12.9. The van der Waals surface area contributed by atoms with Gasteiger partial charge in [0.15, 0.2) is 0 Å². The van der Waals surface area contributed by atoms with Crippen LogP contribution in [0.25, 0.3) is 0 Å². The molecule has 1 aromatic rings. The van der Waals surface area contributed by atoms with E-state index in [9.17, 15) is 14.0 Å². The molecular formula is C18H22FNO3. The Balaban J connectivity index is 1.49. The molecule has 2 atom stereocenters. The maximum Gasteiger partial charge on any atom is 0.307 e. The van der Waals surface area contributed by atoms with Gasteiger partial charge in [-0.25, -0.2) is 4.39 Å². The van der Waals surface area contributed by atoms with E-state index in [-0.39, 0.29) is 17.6 Å². The van der Waals surface area contributed by atoms with Crippen LogP contribution in [0, 0.1) is 23.6 Å². The maximum absolute atomic E-state index is 12.9. The molecule has 0 aromatic heterocycles. The monoisotopic (exact) mass is 319 g/mol. The molecule has 124 valence electrons. The van der Waals surface area contributed by atoms with Crippen molar-refractivity contribution in [3.63, 3.8) is 0 Å². The van der Waals surface area contributed by atoms with E-state index in [2.05, 4.69) is 0 Å². The fourth-order valence-corrected chi connectivity index (χ4v) is 3.64. The molecule has 0 bridgehead atoms. The summed E-state index contributed by atoms with van der Waals surface area (Å²) in [6.07, 6.45) is 4.07. The molecule has 3 rings (SSSR count). The van der Waals surface area contributed by atoms with Crippen molar-refractivity contribution >= 4 is 11.9 Å². The molecular weight excluding hydrogens is 297 g/mol. The molecule has 1 aromatic carbocycles. The van der Waals surface area contributed by atoms with Crippen LogP contribution in [0.4, 0.5) is 4.39 Å². The van der Waals surface area contributed by atoms with E-state index in [0.29, 0.717) is 31.8 Å². The van der Waals surface area contributed by atoms with E-state index in [4.69, 9.17) is 5.11 Å². The number of amides is 1. The van der Waals surface area contributed by atoms with Gasteiger partial charge >= 0.3 is 5.97 Å². The van der Waals surface area contributed by atoms with Crippen molar-refractivity contribution in [2.45, 2.75) is 32.1 Å². The van der Waals surface area contributed by atoms with Crippen LogP contribution < -0.4 is 0 Å². The topological polar surface area (TPSA) is 57.6 Å². The lowest BCUT2D eigenvalue weighted by atomic mass is 9.72. The van der Waals surface area contributed by atoms with Crippen LogP contribution in [0.5, 0.6) is 0 Å². The smallest absolute Gasteiger partial charge is 0.307 e. The van der Waals surface area contributed by atoms with Gasteiger partial charge in [-0.3, -0.25) is 9.59 Å². The second kappa shape index (κ2) is 6.69. The van der Waals surface area contributed by atoms with Gasteiger partial charge in [0.05, 0.1) is 11.8 Å². The van der Waals surface area contributed by atoms with Crippen molar-refractivity contribution < 1.29 is 19.1 Å². The van der Waals surface area contributed by atoms with Gasteiger partial charge in [0.25, 0.3) is 0 Å². The first-order valence-electron chi connectivity index (χ1n) is 8.30. The molecule has 1 aliphatic carbocycles. The molecule has 1 saturated heterocycles. The fourth-order valence-electron chi connectivity index (χ4n) is 3.64. The predicted molar refractivity (Wildman–Crippen MR) is 83.3 cm³/mol. The Kier molecular flexibility index (Phi) is 4.64. The van der Waals surface area contributed by atoms with Gasteiger partial charge in [0.2, 0.25) is 5.91 Å². The molecule has 1 aliphatic heterocycles. The molecule has 1 amide bonds. The largest absolute Gasteiger partial charge is 0.481 e. The van der Waals surface area contributed by atoms with Crippen molar-refractivity contribution in [1.82, 2.24) is 4.90 Å². The Morgan fingerprint density at radius 2 is 1.65 bits per heavy atom. The zero-order chi connectivity index (χ0) is 16.4. The second-order valence-electron chi connectivity index (χ2n) is 6.73.